The summed E-state index contributed by atoms with van der Waals surface area (Å²) in [5, 5.41) is 3.92. The monoisotopic (exact) mass is 202 g/mol. The van der Waals surface area contributed by atoms with E-state index in [1.54, 1.807) is 0 Å². The van der Waals surface area contributed by atoms with Crippen LogP contribution < -0.4 is 5.32 Å². The maximum Gasteiger partial charge on any atom is 0.168 e. The summed E-state index contributed by atoms with van der Waals surface area (Å²) < 4.78 is 0. The summed E-state index contributed by atoms with van der Waals surface area (Å²) in [6.07, 6.45) is 3.58. The first-order valence-corrected chi connectivity index (χ1v) is 5.56. The van der Waals surface area contributed by atoms with Crippen molar-refractivity contribution in [2.24, 2.45) is 0 Å². The number of thiocarbonyl (C=S) groups is 1. The SMILES string of the molecule is CCCCN(C(=S)NC)C(C)CC. The van der Waals surface area contributed by atoms with Crippen molar-refractivity contribution in [3.05, 3.63) is 0 Å². The summed E-state index contributed by atoms with van der Waals surface area (Å²) in [6, 6.07) is 0.548. The first-order chi connectivity index (χ1) is 6.17. The lowest BCUT2D eigenvalue weighted by Crippen LogP contribution is -2.43. The van der Waals surface area contributed by atoms with Crippen LogP contribution in [0.4, 0.5) is 0 Å². The van der Waals surface area contributed by atoms with E-state index in [9.17, 15) is 0 Å². The van der Waals surface area contributed by atoms with Gasteiger partial charge in [-0.2, -0.15) is 0 Å². The van der Waals surface area contributed by atoms with Gasteiger partial charge >= 0.3 is 0 Å². The molecule has 1 unspecified atom stereocenters. The molecule has 0 bridgehead atoms. The van der Waals surface area contributed by atoms with Crippen LogP contribution in [0.2, 0.25) is 0 Å². The molecular weight excluding hydrogens is 180 g/mol. The van der Waals surface area contributed by atoms with Crippen LogP contribution in [0.25, 0.3) is 0 Å². The summed E-state index contributed by atoms with van der Waals surface area (Å²) in [5.74, 6) is 0. The number of rotatable bonds is 5. The van der Waals surface area contributed by atoms with Gasteiger partial charge < -0.3 is 10.2 Å². The third kappa shape index (κ3) is 4.46. The normalized spacial score (nSPS) is 12.3. The Labute approximate surface area is 87.7 Å². The van der Waals surface area contributed by atoms with E-state index >= 15 is 0 Å². The predicted molar refractivity (Wildman–Crippen MR) is 63.0 cm³/mol. The molecule has 0 radical (unpaired) electrons. The highest BCUT2D eigenvalue weighted by Crippen LogP contribution is 2.05. The van der Waals surface area contributed by atoms with Gasteiger partial charge in [0.25, 0.3) is 0 Å². The molecule has 2 nitrogen and oxygen atoms in total. The molecular formula is C10H22N2S. The topological polar surface area (TPSA) is 15.3 Å². The Morgan fingerprint density at radius 3 is 2.46 bits per heavy atom. The fourth-order valence-corrected chi connectivity index (χ4v) is 1.49. The van der Waals surface area contributed by atoms with Crippen molar-refractivity contribution in [3.63, 3.8) is 0 Å². The number of hydrogen-bond donors (Lipinski definition) is 1. The molecule has 1 N–H and O–H groups in total. The van der Waals surface area contributed by atoms with Crippen molar-refractivity contribution >= 4 is 17.3 Å². The molecule has 3 heteroatoms. The smallest absolute Gasteiger partial charge is 0.168 e. The molecule has 0 heterocycles. The Bertz CT molecular complexity index is 148. The van der Waals surface area contributed by atoms with Crippen LogP contribution >= 0.6 is 12.2 Å². The number of nitrogens with one attached hydrogen (secondary N) is 1. The summed E-state index contributed by atoms with van der Waals surface area (Å²) in [4.78, 5) is 2.28. The molecule has 0 amide bonds. The number of hydrogen-bond acceptors (Lipinski definition) is 1. The third-order valence-corrected chi connectivity index (χ3v) is 2.79. The van der Waals surface area contributed by atoms with Crippen molar-refractivity contribution in [2.45, 2.75) is 46.1 Å². The Morgan fingerprint density at radius 1 is 1.46 bits per heavy atom. The van der Waals surface area contributed by atoms with Gasteiger partial charge in [-0.05, 0) is 32.0 Å². The van der Waals surface area contributed by atoms with Gasteiger partial charge in [0, 0.05) is 19.6 Å². The second kappa shape index (κ2) is 7.13. The van der Waals surface area contributed by atoms with E-state index in [0.717, 1.165) is 18.1 Å². The van der Waals surface area contributed by atoms with Crippen molar-refractivity contribution in [3.8, 4) is 0 Å². The van der Waals surface area contributed by atoms with Crippen LogP contribution in [-0.2, 0) is 0 Å². The Kier molecular flexibility index (Phi) is 6.96. The van der Waals surface area contributed by atoms with E-state index < -0.39 is 0 Å². The third-order valence-electron chi connectivity index (χ3n) is 2.35. The molecule has 0 aliphatic carbocycles. The molecule has 0 saturated heterocycles. The molecule has 0 aromatic rings. The van der Waals surface area contributed by atoms with E-state index in [2.05, 4.69) is 31.0 Å². The van der Waals surface area contributed by atoms with Crippen LogP contribution in [0, 0.1) is 0 Å². The van der Waals surface area contributed by atoms with Crippen LogP contribution in [0.5, 0.6) is 0 Å². The van der Waals surface area contributed by atoms with E-state index in [1.807, 2.05) is 7.05 Å². The van der Waals surface area contributed by atoms with Crippen LogP contribution in [0.1, 0.15) is 40.0 Å². The van der Waals surface area contributed by atoms with E-state index in [4.69, 9.17) is 12.2 Å². The highest BCUT2D eigenvalue weighted by atomic mass is 32.1. The molecule has 0 aliphatic rings. The predicted octanol–water partition coefficient (Wildman–Crippen LogP) is 2.39. The van der Waals surface area contributed by atoms with Crippen LogP contribution in [0.3, 0.4) is 0 Å². The van der Waals surface area contributed by atoms with Crippen molar-refractivity contribution in [1.82, 2.24) is 10.2 Å². The van der Waals surface area contributed by atoms with Gasteiger partial charge in [0.2, 0.25) is 0 Å². The van der Waals surface area contributed by atoms with Crippen molar-refractivity contribution in [2.75, 3.05) is 13.6 Å². The van der Waals surface area contributed by atoms with Gasteiger partial charge in [0.05, 0.1) is 0 Å². The van der Waals surface area contributed by atoms with Gasteiger partial charge in [0.15, 0.2) is 5.11 Å². The lowest BCUT2D eigenvalue weighted by atomic mass is 10.2. The van der Waals surface area contributed by atoms with E-state index in [-0.39, 0.29) is 0 Å². The van der Waals surface area contributed by atoms with Gasteiger partial charge in [-0.1, -0.05) is 20.3 Å². The zero-order valence-electron chi connectivity index (χ0n) is 9.26. The van der Waals surface area contributed by atoms with Crippen LogP contribution in [0.15, 0.2) is 0 Å². The first-order valence-electron chi connectivity index (χ1n) is 5.15. The van der Waals surface area contributed by atoms with Crippen molar-refractivity contribution in [1.29, 1.82) is 0 Å². The Morgan fingerprint density at radius 2 is 2.08 bits per heavy atom. The summed E-state index contributed by atoms with van der Waals surface area (Å²) in [7, 11) is 1.89. The van der Waals surface area contributed by atoms with Gasteiger partial charge in [-0.3, -0.25) is 0 Å². The minimum Gasteiger partial charge on any atom is -0.366 e. The quantitative estimate of drug-likeness (QED) is 0.689. The molecule has 0 aromatic carbocycles. The second-order valence-corrected chi connectivity index (χ2v) is 3.75. The molecule has 0 spiro atoms. The zero-order chi connectivity index (χ0) is 10.3. The highest BCUT2D eigenvalue weighted by Gasteiger charge is 2.13. The summed E-state index contributed by atoms with van der Waals surface area (Å²) in [6.45, 7) is 7.70. The standard InChI is InChI=1S/C10H22N2S/c1-5-7-8-12(9(3)6-2)10(13)11-4/h9H,5-8H2,1-4H3,(H,11,13). The summed E-state index contributed by atoms with van der Waals surface area (Å²) >= 11 is 5.25. The largest absolute Gasteiger partial charge is 0.366 e. The van der Waals surface area contributed by atoms with E-state index in [1.165, 1.54) is 12.8 Å². The average molecular weight is 202 g/mol. The van der Waals surface area contributed by atoms with Crippen molar-refractivity contribution < 1.29 is 0 Å². The lowest BCUT2D eigenvalue weighted by Gasteiger charge is -2.30. The lowest BCUT2D eigenvalue weighted by molar-refractivity contribution is 0.314. The number of unbranched alkanes of at least 4 members (excludes halogenated alkanes) is 1. The molecule has 0 aromatic heterocycles. The maximum absolute atomic E-state index is 5.25. The van der Waals surface area contributed by atoms with Crippen LogP contribution in [-0.4, -0.2) is 29.6 Å². The number of nitrogens with zero attached hydrogens (tertiary/aromatic N) is 1. The fraction of sp³-hybridized carbons (Fsp3) is 0.900. The maximum atomic E-state index is 5.25. The molecule has 13 heavy (non-hydrogen) atoms. The Hall–Kier alpha value is -0.310. The molecule has 0 fully saturated rings. The molecule has 0 aliphatic heterocycles. The molecule has 0 rings (SSSR count). The highest BCUT2D eigenvalue weighted by molar-refractivity contribution is 7.80. The minimum atomic E-state index is 0.548. The van der Waals surface area contributed by atoms with Gasteiger partial charge in [-0.25, -0.2) is 0 Å². The molecule has 1 atom stereocenters. The first kappa shape index (κ1) is 12.7. The van der Waals surface area contributed by atoms with E-state index in [0.29, 0.717) is 6.04 Å². The second-order valence-electron chi connectivity index (χ2n) is 3.36. The van der Waals surface area contributed by atoms with Gasteiger partial charge in [-0.15, -0.1) is 0 Å². The molecule has 0 saturated carbocycles. The van der Waals surface area contributed by atoms with Gasteiger partial charge in [0.1, 0.15) is 0 Å². The molecule has 78 valence electrons. The fourth-order valence-electron chi connectivity index (χ4n) is 1.21. The minimum absolute atomic E-state index is 0.548. The summed E-state index contributed by atoms with van der Waals surface area (Å²) in [5.41, 5.74) is 0. The Balaban J connectivity index is 4.09. The average Bonchev–Trinajstić information content (AvgIpc) is 2.17. The zero-order valence-corrected chi connectivity index (χ0v) is 10.1.